The molecule has 216 valence electrons. The van der Waals surface area contributed by atoms with E-state index in [9.17, 15) is 14.4 Å². The lowest BCUT2D eigenvalue weighted by Gasteiger charge is -2.43. The summed E-state index contributed by atoms with van der Waals surface area (Å²) in [5, 5.41) is 13.5. The van der Waals surface area contributed by atoms with Crippen LogP contribution in [0.2, 0.25) is 5.02 Å². The van der Waals surface area contributed by atoms with Crippen LogP contribution in [0.5, 0.6) is 6.01 Å². The number of nitrogens with zero attached hydrogens (tertiary/aromatic N) is 5. The smallest absolute Gasteiger partial charge is 0.318 e. The zero-order valence-corrected chi connectivity index (χ0v) is 23.6. The van der Waals surface area contributed by atoms with Gasteiger partial charge in [-0.3, -0.25) is 4.79 Å². The van der Waals surface area contributed by atoms with Crippen molar-refractivity contribution in [3.63, 3.8) is 0 Å². The summed E-state index contributed by atoms with van der Waals surface area (Å²) in [4.78, 5) is 25.2. The van der Waals surface area contributed by atoms with E-state index in [0.717, 1.165) is 36.1 Å². The van der Waals surface area contributed by atoms with Crippen molar-refractivity contribution in [1.82, 2.24) is 20.2 Å². The lowest BCUT2D eigenvalue weighted by molar-refractivity contribution is -0.131. The molecule has 2 fully saturated rings. The van der Waals surface area contributed by atoms with Crippen LogP contribution in [0.25, 0.3) is 0 Å². The number of rotatable bonds is 6. The maximum atomic E-state index is 16.9. The third-order valence-corrected chi connectivity index (χ3v) is 9.55. The first kappa shape index (κ1) is 27.9. The number of nitriles is 1. The van der Waals surface area contributed by atoms with Crippen LogP contribution in [0.4, 0.5) is 14.6 Å². The van der Waals surface area contributed by atoms with Crippen molar-refractivity contribution in [3.05, 3.63) is 58.0 Å². The van der Waals surface area contributed by atoms with E-state index >= 15 is 4.39 Å². The fourth-order valence-electron chi connectivity index (χ4n) is 7.09. The predicted molar refractivity (Wildman–Crippen MR) is 150 cm³/mol. The van der Waals surface area contributed by atoms with Crippen molar-refractivity contribution >= 4 is 23.3 Å². The number of fused-ring (bicyclic) bond motifs is 3. The summed E-state index contributed by atoms with van der Waals surface area (Å²) in [6.45, 7) is 5.22. The van der Waals surface area contributed by atoms with Gasteiger partial charge in [0.05, 0.1) is 24.2 Å². The maximum Gasteiger partial charge on any atom is 0.318 e. The Morgan fingerprint density at radius 1 is 1.27 bits per heavy atom. The van der Waals surface area contributed by atoms with Gasteiger partial charge in [-0.25, -0.2) is 8.78 Å². The van der Waals surface area contributed by atoms with Gasteiger partial charge in [0, 0.05) is 41.7 Å². The molecule has 2 aliphatic heterocycles. The summed E-state index contributed by atoms with van der Waals surface area (Å²) in [6, 6.07) is 7.56. The normalized spacial score (nSPS) is 26.9. The Hall–Kier alpha value is -3.29. The van der Waals surface area contributed by atoms with Gasteiger partial charge < -0.3 is 19.9 Å². The van der Waals surface area contributed by atoms with Crippen LogP contribution in [-0.2, 0) is 23.1 Å². The lowest BCUT2D eigenvalue weighted by atomic mass is 9.68. The quantitative estimate of drug-likeness (QED) is 0.501. The fourth-order valence-corrected chi connectivity index (χ4v) is 7.36. The second-order valence-corrected chi connectivity index (χ2v) is 11.9. The summed E-state index contributed by atoms with van der Waals surface area (Å²) in [7, 11) is 0. The van der Waals surface area contributed by atoms with E-state index in [1.807, 2.05) is 23.1 Å². The minimum absolute atomic E-state index is 0.0197. The molecule has 11 heteroatoms. The topological polar surface area (TPSA) is 94.4 Å². The van der Waals surface area contributed by atoms with E-state index in [-0.39, 0.29) is 31.6 Å². The monoisotopic (exact) mass is 582 g/mol. The third kappa shape index (κ3) is 4.93. The third-order valence-electron chi connectivity index (χ3n) is 9.20. The Morgan fingerprint density at radius 2 is 2.07 bits per heavy atom. The summed E-state index contributed by atoms with van der Waals surface area (Å²) in [6.07, 6.45) is 3.19. The number of anilines is 1. The molecule has 2 aliphatic carbocycles. The molecule has 1 aromatic heterocycles. The first-order chi connectivity index (χ1) is 19.8. The molecule has 41 heavy (non-hydrogen) atoms. The average Bonchev–Trinajstić information content (AvgIpc) is 3.63. The number of hydrogen-bond donors (Lipinski definition) is 1. The molecule has 0 unspecified atom stereocenters. The van der Waals surface area contributed by atoms with Gasteiger partial charge in [0.1, 0.15) is 12.4 Å². The zero-order valence-electron chi connectivity index (χ0n) is 22.8. The van der Waals surface area contributed by atoms with Crippen LogP contribution in [0.15, 0.2) is 30.6 Å². The van der Waals surface area contributed by atoms with E-state index in [0.29, 0.717) is 55.4 Å². The highest BCUT2D eigenvalue weighted by molar-refractivity contribution is 6.31. The molecular weight excluding hydrogens is 550 g/mol. The van der Waals surface area contributed by atoms with E-state index in [4.69, 9.17) is 21.3 Å². The van der Waals surface area contributed by atoms with Crippen LogP contribution < -0.4 is 15.0 Å². The van der Waals surface area contributed by atoms with E-state index in [1.165, 1.54) is 4.90 Å². The first-order valence-corrected chi connectivity index (χ1v) is 14.7. The number of ether oxygens (including phenoxy) is 1. The van der Waals surface area contributed by atoms with Gasteiger partial charge in [0.15, 0.2) is 12.0 Å². The summed E-state index contributed by atoms with van der Waals surface area (Å²) in [5.41, 5.74) is 2.28. The number of aromatic nitrogens is 2. The molecule has 2 saturated heterocycles. The highest BCUT2D eigenvalue weighted by atomic mass is 35.5. The molecule has 2 aromatic rings. The number of benzene rings is 1. The van der Waals surface area contributed by atoms with Gasteiger partial charge in [0.2, 0.25) is 0 Å². The molecule has 3 heterocycles. The maximum absolute atomic E-state index is 16.9. The number of nitrogens with one attached hydrogen (secondary N) is 1. The molecule has 1 spiro atoms. The lowest BCUT2D eigenvalue weighted by Crippen LogP contribution is -2.55. The Kier molecular flexibility index (Phi) is 7.60. The zero-order chi connectivity index (χ0) is 28.7. The molecule has 0 saturated carbocycles. The molecular formula is C30H33ClF2N6O2. The number of piperazine rings is 1. The van der Waals surface area contributed by atoms with Crippen LogP contribution in [0.1, 0.15) is 60.7 Å². The summed E-state index contributed by atoms with van der Waals surface area (Å²) < 4.78 is 36.7. The molecule has 1 amide bonds. The average molecular weight is 583 g/mol. The highest BCUT2D eigenvalue weighted by Gasteiger charge is 2.51. The Bertz CT molecular complexity index is 1410. The second-order valence-electron chi connectivity index (χ2n) is 11.4. The molecule has 1 aromatic carbocycles. The molecule has 4 aliphatic rings. The van der Waals surface area contributed by atoms with Gasteiger partial charge in [-0.2, -0.15) is 15.2 Å². The molecule has 6 rings (SSSR count). The van der Waals surface area contributed by atoms with Crippen LogP contribution in [0.3, 0.4) is 0 Å². The number of carbonyl (C=O) groups excluding carboxylic acids is 1. The highest BCUT2D eigenvalue weighted by Crippen LogP contribution is 2.56. The number of amides is 1. The Morgan fingerprint density at radius 3 is 2.80 bits per heavy atom. The van der Waals surface area contributed by atoms with E-state index in [1.54, 1.807) is 0 Å². The molecule has 1 N–H and O–H groups in total. The van der Waals surface area contributed by atoms with Crippen molar-refractivity contribution in [1.29, 1.82) is 5.26 Å². The van der Waals surface area contributed by atoms with Crippen molar-refractivity contribution in [3.8, 4) is 12.1 Å². The van der Waals surface area contributed by atoms with Gasteiger partial charge in [-0.1, -0.05) is 30.3 Å². The van der Waals surface area contributed by atoms with Crippen LogP contribution >= 0.6 is 11.6 Å². The van der Waals surface area contributed by atoms with Crippen molar-refractivity contribution < 1.29 is 18.3 Å². The van der Waals surface area contributed by atoms with Gasteiger partial charge in [0.25, 0.3) is 5.91 Å². The van der Waals surface area contributed by atoms with Crippen LogP contribution in [0, 0.1) is 11.3 Å². The number of hydrogen-bond acceptors (Lipinski definition) is 7. The minimum atomic E-state index is -1.38. The van der Waals surface area contributed by atoms with Crippen LogP contribution in [-0.4, -0.2) is 65.6 Å². The number of carbonyl (C=O) groups is 1. The Balaban J connectivity index is 1.37. The largest absolute Gasteiger partial charge is 0.462 e. The second kappa shape index (κ2) is 11.2. The number of halogens is 3. The molecule has 4 atom stereocenters. The molecule has 0 radical (unpaired) electrons. The predicted octanol–water partition coefficient (Wildman–Crippen LogP) is 4.52. The van der Waals surface area contributed by atoms with Gasteiger partial charge in [-0.05, 0) is 62.3 Å². The summed E-state index contributed by atoms with van der Waals surface area (Å²) >= 11 is 6.51. The van der Waals surface area contributed by atoms with E-state index < -0.39 is 29.4 Å². The van der Waals surface area contributed by atoms with E-state index in [2.05, 4.69) is 22.9 Å². The standard InChI is InChI=1S/C30H33ClF2N6O2/c1-18(32)28(40)39-15-14-38(16-20(39)9-12-34)27-22-8-11-30(10-7-21-23(30)5-2-6-24(21)31)26(33)25(22)36-29(37-27)41-17-19-4-3-13-35-19/h2,5-6,19-20,26,35H,1,3-4,7-11,13-17H2/t19-,20-,26-,30+/m0/s1. The SMILES string of the molecule is C=C(F)C(=O)N1CCN(c2nc(OC[C@@H]3CCCN3)nc3c2CC[C@@]2(CCc4c(Cl)cccc42)[C@H]3F)C[C@@H]1CC#N. The van der Waals surface area contributed by atoms with Crippen molar-refractivity contribution in [2.45, 2.75) is 68.6 Å². The fraction of sp³-hybridized carbons (Fsp3) is 0.533. The van der Waals surface area contributed by atoms with Gasteiger partial charge in [-0.15, -0.1) is 0 Å². The molecule has 0 bridgehead atoms. The minimum Gasteiger partial charge on any atom is -0.462 e. The van der Waals surface area contributed by atoms with Crippen molar-refractivity contribution in [2.24, 2.45) is 0 Å². The van der Waals surface area contributed by atoms with Crippen molar-refractivity contribution in [2.75, 3.05) is 37.7 Å². The first-order valence-electron chi connectivity index (χ1n) is 14.3. The van der Waals surface area contributed by atoms with Gasteiger partial charge >= 0.3 is 6.01 Å². The molecule has 8 nitrogen and oxygen atoms in total. The number of alkyl halides is 1. The Labute approximate surface area is 243 Å². The summed E-state index contributed by atoms with van der Waals surface area (Å²) in [5.74, 6) is -1.31.